The van der Waals surface area contributed by atoms with Gasteiger partial charge in [0.2, 0.25) is 0 Å². The first-order chi connectivity index (χ1) is 4.12. The zero-order valence-corrected chi connectivity index (χ0v) is 7.69. The molecule has 0 aromatic rings. The lowest BCUT2D eigenvalue weighted by molar-refractivity contribution is -0.876. The van der Waals surface area contributed by atoms with Crippen molar-refractivity contribution in [2.45, 2.75) is 6.42 Å². The zero-order valence-electron chi connectivity index (χ0n) is 6.10. The summed E-state index contributed by atoms with van der Waals surface area (Å²) in [5, 5.41) is 8.50. The summed E-state index contributed by atoms with van der Waals surface area (Å²) in [5.41, 5.74) is 0.951. The van der Waals surface area contributed by atoms with Crippen molar-refractivity contribution >= 4 is 15.9 Å². The monoisotopic (exact) mass is 196 g/mol. The number of nitrogens with zero attached hydrogens (tertiary/aromatic N) is 1. The number of halogens is 1. The van der Waals surface area contributed by atoms with Crippen LogP contribution in [0.1, 0.15) is 6.42 Å². The summed E-state index contributed by atoms with van der Waals surface area (Å²) in [6.07, 6.45) is 0.888. The van der Waals surface area contributed by atoms with E-state index >= 15 is 0 Å². The fourth-order valence-electron chi connectivity index (χ4n) is 0.559. The van der Waals surface area contributed by atoms with E-state index in [9.17, 15) is 0 Å². The Balaban J connectivity index is 3.33. The normalized spacial score (nSPS) is 12.0. The van der Waals surface area contributed by atoms with Crippen LogP contribution in [0.25, 0.3) is 0 Å². The Morgan fingerprint density at radius 2 is 2.00 bits per heavy atom. The first kappa shape index (κ1) is 9.40. The van der Waals surface area contributed by atoms with Crippen LogP contribution >= 0.6 is 15.9 Å². The van der Waals surface area contributed by atoms with Gasteiger partial charge in [-0.05, 0) is 15.9 Å². The van der Waals surface area contributed by atoms with Crippen molar-refractivity contribution in [3.05, 3.63) is 0 Å². The van der Waals surface area contributed by atoms with Gasteiger partial charge in [-0.1, -0.05) is 0 Å². The van der Waals surface area contributed by atoms with E-state index in [0.717, 1.165) is 22.9 Å². The lowest BCUT2D eigenvalue weighted by atomic mass is 10.4. The van der Waals surface area contributed by atoms with Gasteiger partial charge in [0.05, 0.1) is 20.6 Å². The minimum atomic E-state index is 0.300. The van der Waals surface area contributed by atoms with Crippen LogP contribution in [0.2, 0.25) is 0 Å². The van der Waals surface area contributed by atoms with E-state index in [2.05, 4.69) is 30.0 Å². The maximum absolute atomic E-state index is 8.50. The van der Waals surface area contributed by atoms with Crippen LogP contribution in [0.5, 0.6) is 0 Å². The average molecular weight is 197 g/mol. The van der Waals surface area contributed by atoms with Gasteiger partial charge in [-0.2, -0.15) is 0 Å². The number of rotatable bonds is 4. The van der Waals surface area contributed by atoms with Gasteiger partial charge in [-0.25, -0.2) is 0 Å². The lowest BCUT2D eigenvalue weighted by Gasteiger charge is -2.26. The maximum Gasteiger partial charge on any atom is 0.133 e. The van der Waals surface area contributed by atoms with Crippen molar-refractivity contribution in [2.75, 3.05) is 32.7 Å². The molecule has 0 bridgehead atoms. The molecule has 0 saturated heterocycles. The predicted molar refractivity (Wildman–Crippen MR) is 42.5 cm³/mol. The zero-order chi connectivity index (χ0) is 7.33. The molecule has 0 aliphatic carbocycles. The summed E-state index contributed by atoms with van der Waals surface area (Å²) in [4.78, 5) is 0. The highest BCUT2D eigenvalue weighted by Crippen LogP contribution is 2.01. The van der Waals surface area contributed by atoms with Gasteiger partial charge >= 0.3 is 0 Å². The van der Waals surface area contributed by atoms with Crippen LogP contribution in [0.4, 0.5) is 0 Å². The van der Waals surface area contributed by atoms with E-state index in [1.165, 1.54) is 0 Å². The molecule has 0 radical (unpaired) electrons. The first-order valence-electron chi connectivity index (χ1n) is 3.11. The number of quaternary nitrogens is 1. The lowest BCUT2D eigenvalue weighted by Crippen LogP contribution is -2.39. The molecule has 0 aliphatic heterocycles. The Bertz CT molecular complexity index is 75.5. The van der Waals surface area contributed by atoms with E-state index in [4.69, 9.17) is 5.11 Å². The van der Waals surface area contributed by atoms with Gasteiger partial charge in [0.1, 0.15) is 5.45 Å². The highest BCUT2D eigenvalue weighted by atomic mass is 79.9. The molecule has 0 unspecified atom stereocenters. The molecule has 0 spiro atoms. The van der Waals surface area contributed by atoms with Gasteiger partial charge < -0.3 is 9.59 Å². The summed E-state index contributed by atoms with van der Waals surface area (Å²) >= 11 is 3.39. The Labute approximate surface area is 65.2 Å². The summed E-state index contributed by atoms with van der Waals surface area (Å²) in [5.74, 6) is 0. The second-order valence-electron chi connectivity index (χ2n) is 2.86. The van der Waals surface area contributed by atoms with Gasteiger partial charge in [0.25, 0.3) is 0 Å². The highest BCUT2D eigenvalue weighted by molar-refractivity contribution is 9.09. The summed E-state index contributed by atoms with van der Waals surface area (Å²) in [6, 6.07) is 0. The quantitative estimate of drug-likeness (QED) is 0.401. The molecule has 0 amide bonds. The summed E-state index contributed by atoms with van der Waals surface area (Å²) in [7, 11) is 4.26. The third-order valence-corrected chi connectivity index (χ3v) is 2.60. The molecule has 1 N–H and O–H groups in total. The smallest absolute Gasteiger partial charge is 0.133 e. The fourth-order valence-corrected chi connectivity index (χ4v) is 0.809. The predicted octanol–water partition coefficient (Wildman–Crippen LogP) is 0.798. The molecule has 3 heteroatoms. The van der Waals surface area contributed by atoms with Crippen LogP contribution in [0.3, 0.4) is 0 Å². The first-order valence-corrected chi connectivity index (χ1v) is 4.23. The van der Waals surface area contributed by atoms with E-state index in [-0.39, 0.29) is 0 Å². The van der Waals surface area contributed by atoms with Gasteiger partial charge in [0, 0.05) is 13.0 Å². The van der Waals surface area contributed by atoms with Crippen LogP contribution in [0.15, 0.2) is 0 Å². The Morgan fingerprint density at radius 3 is 2.33 bits per heavy atom. The van der Waals surface area contributed by atoms with E-state index in [0.29, 0.717) is 6.61 Å². The van der Waals surface area contributed by atoms with Gasteiger partial charge in [-0.15, -0.1) is 0 Å². The molecule has 9 heavy (non-hydrogen) atoms. The van der Waals surface area contributed by atoms with E-state index in [1.807, 2.05) is 0 Å². The van der Waals surface area contributed by atoms with E-state index < -0.39 is 0 Å². The van der Waals surface area contributed by atoms with Crippen molar-refractivity contribution in [1.29, 1.82) is 0 Å². The number of hydrogen-bond donors (Lipinski definition) is 1. The van der Waals surface area contributed by atoms with Crippen molar-refractivity contribution in [3.8, 4) is 0 Å². The number of alkyl halides is 1. The molecule has 0 fully saturated rings. The summed E-state index contributed by atoms with van der Waals surface area (Å²) in [6.45, 7) is 1.33. The molecule has 0 saturated carbocycles. The second-order valence-corrected chi connectivity index (χ2v) is 3.36. The third-order valence-electron chi connectivity index (χ3n) is 1.25. The minimum Gasteiger partial charge on any atom is -0.396 e. The Kier molecular flexibility index (Phi) is 4.44. The third kappa shape index (κ3) is 4.88. The number of aliphatic hydroxyl groups is 1. The minimum absolute atomic E-state index is 0.300. The molecule has 0 rings (SSSR count). The number of aliphatic hydroxyl groups excluding tert-OH is 1. The molecule has 0 heterocycles. The van der Waals surface area contributed by atoms with Crippen LogP contribution in [-0.2, 0) is 0 Å². The fraction of sp³-hybridized carbons (Fsp3) is 1.00. The molecule has 0 aliphatic rings. The molecule has 0 aromatic carbocycles. The van der Waals surface area contributed by atoms with Crippen molar-refractivity contribution in [3.63, 3.8) is 0 Å². The standard InChI is InChI=1S/C6H15BrNO/c1-8(2,6-7)4-3-5-9/h9H,3-6H2,1-2H3/q+1. The largest absolute Gasteiger partial charge is 0.396 e. The van der Waals surface area contributed by atoms with Crippen molar-refractivity contribution in [1.82, 2.24) is 0 Å². The second kappa shape index (κ2) is 4.25. The SMILES string of the molecule is C[N+](C)(CBr)CCCO. The van der Waals surface area contributed by atoms with Crippen molar-refractivity contribution in [2.24, 2.45) is 0 Å². The molecule has 2 nitrogen and oxygen atoms in total. The van der Waals surface area contributed by atoms with E-state index in [1.54, 1.807) is 0 Å². The topological polar surface area (TPSA) is 20.2 Å². The average Bonchev–Trinajstić information content (AvgIpc) is 1.84. The van der Waals surface area contributed by atoms with Gasteiger partial charge in [0.15, 0.2) is 0 Å². The molecular formula is C6H15BrNO+. The number of hydrogen-bond acceptors (Lipinski definition) is 1. The Hall–Kier alpha value is 0.400. The van der Waals surface area contributed by atoms with Crippen molar-refractivity contribution < 1.29 is 9.59 Å². The highest BCUT2D eigenvalue weighted by Gasteiger charge is 2.10. The van der Waals surface area contributed by atoms with Crippen LogP contribution in [0, 0.1) is 0 Å². The summed E-state index contributed by atoms with van der Waals surface area (Å²) < 4.78 is 0.931. The molecular weight excluding hydrogens is 182 g/mol. The van der Waals surface area contributed by atoms with Gasteiger partial charge in [-0.3, -0.25) is 0 Å². The van der Waals surface area contributed by atoms with Crippen LogP contribution in [-0.4, -0.2) is 42.3 Å². The van der Waals surface area contributed by atoms with Crippen LogP contribution < -0.4 is 0 Å². The maximum atomic E-state index is 8.50. The molecule has 0 atom stereocenters. The Morgan fingerprint density at radius 1 is 1.44 bits per heavy atom. The molecule has 56 valence electrons. The molecule has 0 aromatic heterocycles.